The summed E-state index contributed by atoms with van der Waals surface area (Å²) in [4.78, 5) is 19.0. The number of aromatic nitrogens is 2. The van der Waals surface area contributed by atoms with Crippen LogP contribution in [0.15, 0.2) is 28.8 Å². The molecular formula is C19H24FN3O2. The molecule has 6 heteroatoms. The zero-order valence-corrected chi connectivity index (χ0v) is 15.0. The van der Waals surface area contributed by atoms with Gasteiger partial charge in [-0.05, 0) is 48.9 Å². The normalized spacial score (nSPS) is 18.4. The summed E-state index contributed by atoms with van der Waals surface area (Å²) in [5, 5.41) is 4.01. The highest BCUT2D eigenvalue weighted by atomic mass is 19.1. The topological polar surface area (TPSA) is 59.2 Å². The first-order valence-electron chi connectivity index (χ1n) is 8.72. The van der Waals surface area contributed by atoms with Crippen LogP contribution in [0.25, 0.3) is 11.4 Å². The first-order valence-corrected chi connectivity index (χ1v) is 8.72. The summed E-state index contributed by atoms with van der Waals surface area (Å²) >= 11 is 0. The van der Waals surface area contributed by atoms with Crippen molar-refractivity contribution in [1.29, 1.82) is 0 Å². The second-order valence-corrected chi connectivity index (χ2v) is 7.80. The minimum Gasteiger partial charge on any atom is -0.337 e. The predicted molar refractivity (Wildman–Crippen MR) is 92.1 cm³/mol. The Hall–Kier alpha value is -2.24. The first kappa shape index (κ1) is 17.6. The van der Waals surface area contributed by atoms with Gasteiger partial charge < -0.3 is 9.42 Å². The monoisotopic (exact) mass is 345 g/mol. The van der Waals surface area contributed by atoms with Gasteiger partial charge in [0.2, 0.25) is 17.6 Å². The van der Waals surface area contributed by atoms with Crippen molar-refractivity contribution in [2.75, 3.05) is 6.54 Å². The Morgan fingerprint density at radius 2 is 2.00 bits per heavy atom. The fraction of sp³-hybridized carbons (Fsp3) is 0.526. The quantitative estimate of drug-likeness (QED) is 0.829. The van der Waals surface area contributed by atoms with Crippen molar-refractivity contribution in [2.45, 2.75) is 52.5 Å². The van der Waals surface area contributed by atoms with Gasteiger partial charge in [-0.1, -0.05) is 25.9 Å². The molecule has 25 heavy (non-hydrogen) atoms. The summed E-state index contributed by atoms with van der Waals surface area (Å²) in [5.74, 6) is 0.697. The number of rotatable bonds is 3. The molecule has 0 spiro atoms. The Morgan fingerprint density at radius 1 is 1.28 bits per heavy atom. The number of carbonyl (C=O) groups excluding carboxylic acids is 1. The number of hydrogen-bond donors (Lipinski definition) is 0. The molecule has 0 aliphatic carbocycles. The molecular weight excluding hydrogens is 321 g/mol. The number of likely N-dealkylation sites (tertiary alicyclic amines) is 1. The van der Waals surface area contributed by atoms with E-state index in [-0.39, 0.29) is 23.2 Å². The van der Waals surface area contributed by atoms with Crippen molar-refractivity contribution < 1.29 is 13.7 Å². The summed E-state index contributed by atoms with van der Waals surface area (Å²) < 4.78 is 18.5. The van der Waals surface area contributed by atoms with E-state index in [1.54, 1.807) is 12.1 Å². The van der Waals surface area contributed by atoms with Crippen molar-refractivity contribution in [3.05, 3.63) is 36.0 Å². The lowest BCUT2D eigenvalue weighted by molar-refractivity contribution is -0.137. The molecule has 0 N–H and O–H groups in total. The molecule has 1 aliphatic rings. The van der Waals surface area contributed by atoms with Gasteiger partial charge in [-0.25, -0.2) is 4.39 Å². The highest BCUT2D eigenvalue weighted by molar-refractivity contribution is 5.77. The molecule has 1 aliphatic heterocycles. The van der Waals surface area contributed by atoms with Gasteiger partial charge >= 0.3 is 0 Å². The van der Waals surface area contributed by atoms with Crippen LogP contribution in [-0.2, 0) is 4.79 Å². The molecule has 2 aromatic rings. The third-order valence-corrected chi connectivity index (χ3v) is 4.33. The van der Waals surface area contributed by atoms with Crippen molar-refractivity contribution in [2.24, 2.45) is 5.41 Å². The number of benzene rings is 1. The summed E-state index contributed by atoms with van der Waals surface area (Å²) in [7, 11) is 0. The number of halogens is 1. The molecule has 1 aromatic heterocycles. The van der Waals surface area contributed by atoms with E-state index < -0.39 is 0 Å². The Morgan fingerprint density at radius 3 is 2.68 bits per heavy atom. The largest absolute Gasteiger partial charge is 0.337 e. The highest BCUT2D eigenvalue weighted by Gasteiger charge is 2.33. The van der Waals surface area contributed by atoms with E-state index >= 15 is 0 Å². The number of hydrogen-bond acceptors (Lipinski definition) is 4. The maximum atomic E-state index is 13.1. The Labute approximate surface area is 147 Å². The van der Waals surface area contributed by atoms with E-state index in [4.69, 9.17) is 4.52 Å². The van der Waals surface area contributed by atoms with Crippen molar-refractivity contribution in [1.82, 2.24) is 15.0 Å². The molecule has 1 fully saturated rings. The third kappa shape index (κ3) is 4.24. The average Bonchev–Trinajstić information content (AvgIpc) is 3.04. The molecule has 1 atom stereocenters. The SMILES string of the molecule is CC(C)(C)CC(=O)N1CCCCC1c1nc(-c2ccc(F)cc2)no1. The molecule has 0 bridgehead atoms. The van der Waals surface area contributed by atoms with E-state index in [1.807, 2.05) is 4.90 Å². The van der Waals surface area contributed by atoms with Crippen molar-refractivity contribution >= 4 is 5.91 Å². The maximum Gasteiger partial charge on any atom is 0.249 e. The molecule has 1 saturated heterocycles. The van der Waals surface area contributed by atoms with Crippen LogP contribution in [0.1, 0.15) is 58.4 Å². The number of carbonyl (C=O) groups is 1. The van der Waals surface area contributed by atoms with Crippen LogP contribution < -0.4 is 0 Å². The van der Waals surface area contributed by atoms with E-state index in [1.165, 1.54) is 12.1 Å². The summed E-state index contributed by atoms with van der Waals surface area (Å²) in [6.45, 7) is 6.89. The van der Waals surface area contributed by atoms with Crippen LogP contribution in [0.4, 0.5) is 4.39 Å². The average molecular weight is 345 g/mol. The van der Waals surface area contributed by atoms with Crippen LogP contribution >= 0.6 is 0 Å². The fourth-order valence-electron chi connectivity index (χ4n) is 3.13. The first-order chi connectivity index (χ1) is 11.8. The van der Waals surface area contributed by atoms with Gasteiger partial charge in [0, 0.05) is 18.5 Å². The Kier molecular flexibility index (Phi) is 4.88. The summed E-state index contributed by atoms with van der Waals surface area (Å²) in [6, 6.07) is 5.79. The fourth-order valence-corrected chi connectivity index (χ4v) is 3.13. The molecule has 0 radical (unpaired) electrons. The molecule has 3 rings (SSSR count). The van der Waals surface area contributed by atoms with Gasteiger partial charge in [0.25, 0.3) is 0 Å². The van der Waals surface area contributed by atoms with Crippen LogP contribution in [0.3, 0.4) is 0 Å². The molecule has 5 nitrogen and oxygen atoms in total. The lowest BCUT2D eigenvalue weighted by Crippen LogP contribution is -2.40. The van der Waals surface area contributed by atoms with Crippen LogP contribution in [-0.4, -0.2) is 27.5 Å². The van der Waals surface area contributed by atoms with Gasteiger partial charge in [-0.15, -0.1) is 0 Å². The highest BCUT2D eigenvalue weighted by Crippen LogP contribution is 2.33. The molecule has 2 heterocycles. The van der Waals surface area contributed by atoms with Gasteiger partial charge in [-0.3, -0.25) is 4.79 Å². The predicted octanol–water partition coefficient (Wildman–Crippen LogP) is 4.37. The number of amides is 1. The van der Waals surface area contributed by atoms with Crippen LogP contribution in [0.5, 0.6) is 0 Å². The zero-order chi connectivity index (χ0) is 18.0. The van der Waals surface area contributed by atoms with Crippen molar-refractivity contribution in [3.63, 3.8) is 0 Å². The van der Waals surface area contributed by atoms with Gasteiger partial charge in [0.05, 0.1) is 0 Å². The van der Waals surface area contributed by atoms with E-state index in [2.05, 4.69) is 30.9 Å². The van der Waals surface area contributed by atoms with E-state index in [0.29, 0.717) is 30.2 Å². The Balaban J connectivity index is 1.81. The smallest absolute Gasteiger partial charge is 0.249 e. The van der Waals surface area contributed by atoms with Crippen LogP contribution in [0.2, 0.25) is 0 Å². The van der Waals surface area contributed by atoms with E-state index in [0.717, 1.165) is 19.3 Å². The third-order valence-electron chi connectivity index (χ3n) is 4.33. The molecule has 134 valence electrons. The second kappa shape index (κ2) is 6.94. The lowest BCUT2D eigenvalue weighted by Gasteiger charge is -2.35. The summed E-state index contributed by atoms with van der Waals surface area (Å²) in [5.41, 5.74) is 0.632. The number of nitrogens with zero attached hydrogens (tertiary/aromatic N) is 3. The van der Waals surface area contributed by atoms with Crippen LogP contribution in [0, 0.1) is 11.2 Å². The Bertz CT molecular complexity index is 734. The maximum absolute atomic E-state index is 13.1. The lowest BCUT2D eigenvalue weighted by atomic mass is 9.90. The summed E-state index contributed by atoms with van der Waals surface area (Å²) in [6.07, 6.45) is 3.33. The molecule has 1 unspecified atom stereocenters. The van der Waals surface area contributed by atoms with E-state index in [9.17, 15) is 9.18 Å². The number of piperidine rings is 1. The van der Waals surface area contributed by atoms with Gasteiger partial charge in [0.1, 0.15) is 11.9 Å². The minimum absolute atomic E-state index is 0.0623. The van der Waals surface area contributed by atoms with Gasteiger partial charge in [0.15, 0.2) is 0 Å². The molecule has 0 saturated carbocycles. The minimum atomic E-state index is -0.307. The second-order valence-electron chi connectivity index (χ2n) is 7.80. The standard InChI is InChI=1S/C19H24FN3O2/c1-19(2,3)12-16(24)23-11-5-4-6-15(23)18-21-17(22-25-18)13-7-9-14(20)10-8-13/h7-10,15H,4-6,11-12H2,1-3H3. The van der Waals surface area contributed by atoms with Crippen molar-refractivity contribution in [3.8, 4) is 11.4 Å². The molecule has 1 aromatic carbocycles. The molecule has 1 amide bonds. The zero-order valence-electron chi connectivity index (χ0n) is 15.0. The van der Waals surface area contributed by atoms with Gasteiger partial charge in [-0.2, -0.15) is 4.98 Å².